The van der Waals surface area contributed by atoms with Crippen LogP contribution in [-0.2, 0) is 0 Å². The molecule has 4 bridgehead atoms. The summed E-state index contributed by atoms with van der Waals surface area (Å²) < 4.78 is 5.68. The third-order valence-corrected chi connectivity index (χ3v) is 8.93. The number of thiophene rings is 1. The van der Waals surface area contributed by atoms with Gasteiger partial charge < -0.3 is 9.84 Å². The summed E-state index contributed by atoms with van der Waals surface area (Å²) in [4.78, 5) is 19.6. The Hall–Kier alpha value is -2.99. The lowest BCUT2D eigenvalue weighted by molar-refractivity contribution is -0.0119. The van der Waals surface area contributed by atoms with Gasteiger partial charge in [-0.15, -0.1) is 11.3 Å². The van der Waals surface area contributed by atoms with Crippen molar-refractivity contribution in [2.45, 2.75) is 38.1 Å². The highest BCUT2D eigenvalue weighted by Crippen LogP contribution is 2.53. The van der Waals surface area contributed by atoms with E-state index in [0.29, 0.717) is 34.2 Å². The molecule has 1 amide bonds. The van der Waals surface area contributed by atoms with Gasteiger partial charge in [-0.25, -0.2) is 4.98 Å². The van der Waals surface area contributed by atoms with Gasteiger partial charge in [0.05, 0.1) is 21.5 Å². The van der Waals surface area contributed by atoms with Crippen LogP contribution in [0.25, 0.3) is 32.9 Å². The molecule has 5 nitrogen and oxygen atoms in total. The minimum absolute atomic E-state index is 0.0296. The second kappa shape index (κ2) is 7.52. The van der Waals surface area contributed by atoms with E-state index in [0.717, 1.165) is 28.0 Å². The summed E-state index contributed by atoms with van der Waals surface area (Å²) in [6.45, 7) is 0. The molecule has 0 radical (unpaired) electrons. The molecular formula is C27H25N3O2S. The SMILES string of the molecule is O=C(NC1C2CC3CC(C2)CC1C3)c1cc(-c2cccs2)nc2onc(-c3ccccc3)c12. The second-order valence-electron chi connectivity index (χ2n) is 10.0. The number of carbonyl (C=O) groups is 1. The number of carbonyl (C=O) groups excluding carboxylic acids is 1. The van der Waals surface area contributed by atoms with Crippen molar-refractivity contribution in [3.63, 3.8) is 0 Å². The van der Waals surface area contributed by atoms with Crippen molar-refractivity contribution >= 4 is 28.3 Å². The number of hydrogen-bond donors (Lipinski definition) is 1. The average Bonchev–Trinajstić information content (AvgIpc) is 3.51. The van der Waals surface area contributed by atoms with Gasteiger partial charge in [0.1, 0.15) is 5.69 Å². The first-order chi connectivity index (χ1) is 16.2. The third-order valence-electron chi connectivity index (χ3n) is 8.04. The van der Waals surface area contributed by atoms with E-state index in [2.05, 4.69) is 10.5 Å². The summed E-state index contributed by atoms with van der Waals surface area (Å²) in [5.41, 5.74) is 3.37. The van der Waals surface area contributed by atoms with Gasteiger partial charge in [0.2, 0.25) is 0 Å². The zero-order valence-corrected chi connectivity index (χ0v) is 19.1. The molecule has 1 N–H and O–H groups in total. The Morgan fingerprint density at radius 3 is 2.42 bits per heavy atom. The summed E-state index contributed by atoms with van der Waals surface area (Å²) >= 11 is 1.61. The Balaban J connectivity index is 1.32. The second-order valence-corrected chi connectivity index (χ2v) is 11.0. The standard InChI is InChI=1S/C27H25N3O2S/c31-26(29-24-18-10-15-9-16(12-18)13-19(24)11-15)20-14-21(22-7-4-8-33-22)28-27-23(20)25(30-32-27)17-5-2-1-3-6-17/h1-8,14-16,18-19,24H,9-13H2,(H,29,31). The zero-order valence-electron chi connectivity index (χ0n) is 18.2. The predicted octanol–water partition coefficient (Wildman–Crippen LogP) is 6.17. The highest BCUT2D eigenvalue weighted by atomic mass is 32.1. The quantitative estimate of drug-likeness (QED) is 0.399. The van der Waals surface area contributed by atoms with Gasteiger partial charge in [0.25, 0.3) is 11.6 Å². The molecule has 4 fully saturated rings. The van der Waals surface area contributed by atoms with Gasteiger partial charge in [-0.1, -0.05) is 41.6 Å². The lowest BCUT2D eigenvalue weighted by Crippen LogP contribution is -2.55. The number of benzene rings is 1. The molecule has 4 aliphatic rings. The Kier molecular flexibility index (Phi) is 4.44. The van der Waals surface area contributed by atoms with Crippen LogP contribution in [-0.4, -0.2) is 22.1 Å². The lowest BCUT2D eigenvalue weighted by Gasteiger charge is -2.54. The van der Waals surface area contributed by atoms with E-state index in [1.165, 1.54) is 32.1 Å². The van der Waals surface area contributed by atoms with E-state index in [4.69, 9.17) is 9.51 Å². The summed E-state index contributed by atoms with van der Waals surface area (Å²) in [7, 11) is 0. The number of aromatic nitrogens is 2. The molecule has 0 atom stereocenters. The molecule has 3 aromatic heterocycles. The maximum Gasteiger partial charge on any atom is 0.259 e. The maximum atomic E-state index is 13.8. The van der Waals surface area contributed by atoms with Crippen LogP contribution in [0, 0.1) is 23.7 Å². The molecule has 166 valence electrons. The van der Waals surface area contributed by atoms with Crippen molar-refractivity contribution in [2.75, 3.05) is 0 Å². The highest BCUT2D eigenvalue weighted by Gasteiger charge is 2.48. The first-order valence-corrected chi connectivity index (χ1v) is 12.8. The van der Waals surface area contributed by atoms with E-state index < -0.39 is 0 Å². The number of nitrogens with one attached hydrogen (secondary N) is 1. The van der Waals surface area contributed by atoms with Crippen LogP contribution in [0.4, 0.5) is 0 Å². The summed E-state index contributed by atoms with van der Waals surface area (Å²) in [5.74, 6) is 2.96. The number of amides is 1. The minimum Gasteiger partial charge on any atom is -0.349 e. The van der Waals surface area contributed by atoms with Crippen LogP contribution >= 0.6 is 11.3 Å². The molecule has 0 spiro atoms. The Morgan fingerprint density at radius 2 is 1.73 bits per heavy atom. The topological polar surface area (TPSA) is 68.0 Å². The van der Waals surface area contributed by atoms with Crippen LogP contribution < -0.4 is 5.32 Å². The molecule has 6 heteroatoms. The monoisotopic (exact) mass is 455 g/mol. The van der Waals surface area contributed by atoms with Gasteiger partial charge in [-0.2, -0.15) is 0 Å². The zero-order chi connectivity index (χ0) is 21.9. The van der Waals surface area contributed by atoms with E-state index in [-0.39, 0.29) is 11.9 Å². The molecule has 4 saturated carbocycles. The van der Waals surface area contributed by atoms with Crippen molar-refractivity contribution in [1.82, 2.24) is 15.5 Å². The van der Waals surface area contributed by atoms with Gasteiger partial charge in [0.15, 0.2) is 0 Å². The first-order valence-electron chi connectivity index (χ1n) is 11.9. The number of hydrogen-bond acceptors (Lipinski definition) is 5. The molecule has 33 heavy (non-hydrogen) atoms. The number of fused-ring (bicyclic) bond motifs is 1. The fourth-order valence-electron chi connectivity index (χ4n) is 6.86. The molecule has 0 unspecified atom stereocenters. The van der Waals surface area contributed by atoms with E-state index >= 15 is 0 Å². The normalized spacial score (nSPS) is 27.8. The van der Waals surface area contributed by atoms with Crippen LogP contribution in [0.1, 0.15) is 42.5 Å². The molecule has 8 rings (SSSR count). The van der Waals surface area contributed by atoms with Gasteiger partial charge >= 0.3 is 0 Å². The number of rotatable bonds is 4. The Bertz CT molecular complexity index is 1300. The van der Waals surface area contributed by atoms with Crippen molar-refractivity contribution in [3.8, 4) is 21.8 Å². The van der Waals surface area contributed by atoms with Crippen LogP contribution in [0.3, 0.4) is 0 Å². The lowest BCUT2D eigenvalue weighted by atomic mass is 9.54. The van der Waals surface area contributed by atoms with Crippen molar-refractivity contribution in [3.05, 3.63) is 59.5 Å². The molecular weight excluding hydrogens is 430 g/mol. The number of pyridine rings is 1. The van der Waals surface area contributed by atoms with Crippen molar-refractivity contribution in [2.24, 2.45) is 23.7 Å². The van der Waals surface area contributed by atoms with Crippen LogP contribution in [0.15, 0.2) is 58.4 Å². The summed E-state index contributed by atoms with van der Waals surface area (Å²) in [6.07, 6.45) is 6.49. The maximum absolute atomic E-state index is 13.8. The largest absolute Gasteiger partial charge is 0.349 e. The first kappa shape index (κ1) is 19.5. The third kappa shape index (κ3) is 3.22. The van der Waals surface area contributed by atoms with E-state index in [9.17, 15) is 4.79 Å². The van der Waals surface area contributed by atoms with E-state index in [1.54, 1.807) is 11.3 Å². The summed E-state index contributed by atoms with van der Waals surface area (Å²) in [5, 5.41) is 10.5. The molecule has 4 aliphatic carbocycles. The summed E-state index contributed by atoms with van der Waals surface area (Å²) in [6, 6.07) is 16.1. The van der Waals surface area contributed by atoms with Gasteiger partial charge in [0, 0.05) is 11.6 Å². The van der Waals surface area contributed by atoms with E-state index in [1.807, 2.05) is 53.9 Å². The Labute approximate surface area is 196 Å². The minimum atomic E-state index is -0.0296. The molecule has 0 aliphatic heterocycles. The van der Waals surface area contributed by atoms with Crippen LogP contribution in [0.2, 0.25) is 0 Å². The van der Waals surface area contributed by atoms with Gasteiger partial charge in [-0.3, -0.25) is 4.79 Å². The predicted molar refractivity (Wildman–Crippen MR) is 129 cm³/mol. The highest BCUT2D eigenvalue weighted by molar-refractivity contribution is 7.13. The average molecular weight is 456 g/mol. The smallest absolute Gasteiger partial charge is 0.259 e. The molecule has 0 saturated heterocycles. The Morgan fingerprint density at radius 1 is 0.970 bits per heavy atom. The molecule has 4 aromatic rings. The van der Waals surface area contributed by atoms with Gasteiger partial charge in [-0.05, 0) is 73.3 Å². The molecule has 3 heterocycles. The fourth-order valence-corrected chi connectivity index (χ4v) is 7.55. The van der Waals surface area contributed by atoms with Crippen molar-refractivity contribution < 1.29 is 9.32 Å². The molecule has 1 aromatic carbocycles. The fraction of sp³-hybridized carbons (Fsp3) is 0.370. The van der Waals surface area contributed by atoms with Crippen LogP contribution in [0.5, 0.6) is 0 Å². The number of nitrogens with zero attached hydrogens (tertiary/aromatic N) is 2. The van der Waals surface area contributed by atoms with Crippen molar-refractivity contribution in [1.29, 1.82) is 0 Å².